The lowest BCUT2D eigenvalue weighted by Crippen LogP contribution is -2.51. The van der Waals surface area contributed by atoms with Crippen molar-refractivity contribution < 1.29 is 19.1 Å². The first-order chi connectivity index (χ1) is 9.50. The van der Waals surface area contributed by atoms with Gasteiger partial charge in [0.15, 0.2) is 0 Å². The van der Waals surface area contributed by atoms with Gasteiger partial charge in [-0.15, -0.1) is 11.8 Å². The summed E-state index contributed by atoms with van der Waals surface area (Å²) in [7, 11) is 0. The number of rotatable bonds is 4. The molecule has 7 heteroatoms. The minimum absolute atomic E-state index is 0.111. The molecule has 1 aliphatic rings. The van der Waals surface area contributed by atoms with Crippen LogP contribution in [0.4, 0.5) is 4.79 Å². The monoisotopic (exact) mass is 298 g/mol. The second kappa shape index (κ2) is 6.21. The number of nitrogens with one attached hydrogen (secondary N) is 1. The molecule has 1 fully saturated rings. The molecule has 0 radical (unpaired) electrons. The number of hydrogen-bond acceptors (Lipinski definition) is 4. The molecule has 1 aliphatic heterocycles. The van der Waals surface area contributed by atoms with Gasteiger partial charge in [-0.25, -0.2) is 9.59 Å². The van der Waals surface area contributed by atoms with Gasteiger partial charge in [0.25, 0.3) is 0 Å². The molecule has 110 valence electrons. The molecule has 6 nitrogen and oxygen atoms in total. The number of nitrogens with zero attached hydrogens (tertiary/aromatic N) is 1. The number of carbonyl (C=O) groups is 2. The third kappa shape index (κ3) is 3.09. The zero-order chi connectivity index (χ0) is 14.7. The molecule has 2 unspecified atom stereocenters. The number of furan rings is 1. The van der Waals surface area contributed by atoms with Crippen molar-refractivity contribution in [2.75, 3.05) is 5.75 Å². The lowest BCUT2D eigenvalue weighted by Gasteiger charge is -2.29. The summed E-state index contributed by atoms with van der Waals surface area (Å²) >= 11 is 1.51. The van der Waals surface area contributed by atoms with Crippen LogP contribution in [0.15, 0.2) is 23.0 Å². The van der Waals surface area contributed by atoms with Crippen molar-refractivity contribution in [1.82, 2.24) is 10.2 Å². The van der Waals surface area contributed by atoms with Crippen molar-refractivity contribution in [3.05, 3.63) is 24.2 Å². The van der Waals surface area contributed by atoms with Crippen LogP contribution in [0.25, 0.3) is 0 Å². The van der Waals surface area contributed by atoms with E-state index >= 15 is 0 Å². The van der Waals surface area contributed by atoms with Crippen molar-refractivity contribution >= 4 is 23.8 Å². The summed E-state index contributed by atoms with van der Waals surface area (Å²) in [5.41, 5.74) is 0.846. The highest BCUT2D eigenvalue weighted by Gasteiger charge is 2.42. The number of carboxylic acids is 1. The Bertz CT molecular complexity index is 475. The Labute approximate surface area is 121 Å². The number of carbonyl (C=O) groups excluding carboxylic acids is 1. The Kier molecular flexibility index (Phi) is 4.59. The van der Waals surface area contributed by atoms with Crippen LogP contribution >= 0.6 is 11.8 Å². The maximum absolute atomic E-state index is 12.3. The van der Waals surface area contributed by atoms with Gasteiger partial charge in [-0.05, 0) is 12.0 Å². The van der Waals surface area contributed by atoms with E-state index in [2.05, 4.69) is 5.32 Å². The molecular formula is C13H18N2O4S. The molecule has 2 N–H and O–H groups in total. The molecule has 20 heavy (non-hydrogen) atoms. The van der Waals surface area contributed by atoms with Crippen LogP contribution in [-0.4, -0.2) is 39.2 Å². The van der Waals surface area contributed by atoms with Crippen molar-refractivity contribution in [1.29, 1.82) is 0 Å². The van der Waals surface area contributed by atoms with Crippen molar-refractivity contribution in [2.24, 2.45) is 5.92 Å². The van der Waals surface area contributed by atoms with E-state index < -0.39 is 12.0 Å². The summed E-state index contributed by atoms with van der Waals surface area (Å²) in [5.74, 6) is -0.333. The highest BCUT2D eigenvalue weighted by atomic mass is 32.2. The number of carboxylic acid groups (broad SMARTS) is 1. The predicted molar refractivity (Wildman–Crippen MR) is 75.3 cm³/mol. The van der Waals surface area contributed by atoms with Crippen molar-refractivity contribution in [3.8, 4) is 0 Å². The molecule has 2 heterocycles. The highest BCUT2D eigenvalue weighted by Crippen LogP contribution is 2.34. The first kappa shape index (κ1) is 14.8. The average Bonchev–Trinajstić information content (AvgIpc) is 3.04. The van der Waals surface area contributed by atoms with E-state index in [4.69, 9.17) is 4.42 Å². The van der Waals surface area contributed by atoms with E-state index in [0.717, 1.165) is 5.56 Å². The van der Waals surface area contributed by atoms with Gasteiger partial charge in [0.2, 0.25) is 0 Å². The van der Waals surface area contributed by atoms with Crippen molar-refractivity contribution in [3.63, 3.8) is 0 Å². The van der Waals surface area contributed by atoms with Crippen LogP contribution in [0.3, 0.4) is 0 Å². The molecule has 2 rings (SSSR count). The summed E-state index contributed by atoms with van der Waals surface area (Å²) in [6.45, 7) is 4.30. The predicted octanol–water partition coefficient (Wildman–Crippen LogP) is 1.97. The van der Waals surface area contributed by atoms with Gasteiger partial charge in [-0.2, -0.15) is 0 Å². The zero-order valence-electron chi connectivity index (χ0n) is 11.4. The Morgan fingerprint density at radius 1 is 1.60 bits per heavy atom. The Morgan fingerprint density at radius 2 is 2.35 bits per heavy atom. The summed E-state index contributed by atoms with van der Waals surface area (Å²) in [5, 5.41) is 11.9. The largest absolute Gasteiger partial charge is 0.480 e. The second-order valence-electron chi connectivity index (χ2n) is 5.02. The van der Waals surface area contributed by atoms with Gasteiger partial charge in [0.05, 0.1) is 17.9 Å². The Balaban J connectivity index is 2.04. The fourth-order valence-electron chi connectivity index (χ4n) is 2.15. The first-order valence-corrected chi connectivity index (χ1v) is 7.47. The Morgan fingerprint density at radius 3 is 2.90 bits per heavy atom. The maximum atomic E-state index is 12.3. The minimum Gasteiger partial charge on any atom is -0.480 e. The molecular weight excluding hydrogens is 280 g/mol. The van der Waals surface area contributed by atoms with Crippen LogP contribution in [0.5, 0.6) is 0 Å². The lowest BCUT2D eigenvalue weighted by atomic mass is 10.1. The van der Waals surface area contributed by atoms with Crippen LogP contribution in [0.1, 0.15) is 19.4 Å². The fourth-order valence-corrected chi connectivity index (χ4v) is 3.62. The summed E-state index contributed by atoms with van der Waals surface area (Å²) in [6.07, 6.45) is 3.08. The lowest BCUT2D eigenvalue weighted by molar-refractivity contribution is -0.141. The molecule has 2 atom stereocenters. The number of urea groups is 1. The fraction of sp³-hybridized carbons (Fsp3) is 0.538. The number of aliphatic carboxylic acids is 1. The minimum atomic E-state index is -0.959. The van der Waals surface area contributed by atoms with Gasteiger partial charge in [0, 0.05) is 17.9 Å². The summed E-state index contributed by atoms with van der Waals surface area (Å²) in [4.78, 5) is 25.0. The second-order valence-corrected chi connectivity index (χ2v) is 6.17. The summed E-state index contributed by atoms with van der Waals surface area (Å²) in [6, 6.07) is 0.646. The quantitative estimate of drug-likeness (QED) is 0.888. The van der Waals surface area contributed by atoms with Crippen LogP contribution < -0.4 is 5.32 Å². The standard InChI is InChI=1S/C13H18N2O4S/c1-8(2)11-15(10(7-20-11)12(16)17)13(18)14-5-9-3-4-19-6-9/h3-4,6,8,10-11H,5,7H2,1-2H3,(H,14,18)(H,16,17). The Hall–Kier alpha value is -1.63. The van der Waals surface area contributed by atoms with E-state index in [1.807, 2.05) is 13.8 Å². The van der Waals surface area contributed by atoms with Gasteiger partial charge in [-0.3, -0.25) is 4.90 Å². The molecule has 1 saturated heterocycles. The van der Waals surface area contributed by atoms with Crippen LogP contribution in [-0.2, 0) is 11.3 Å². The van der Waals surface area contributed by atoms with E-state index in [-0.39, 0.29) is 17.3 Å². The molecule has 0 saturated carbocycles. The van der Waals surface area contributed by atoms with Gasteiger partial charge >= 0.3 is 12.0 Å². The van der Waals surface area contributed by atoms with Crippen molar-refractivity contribution in [2.45, 2.75) is 31.8 Å². The molecule has 1 aromatic rings. The van der Waals surface area contributed by atoms with E-state index in [9.17, 15) is 14.7 Å². The molecule has 0 aromatic carbocycles. The van der Waals surface area contributed by atoms with Gasteiger partial charge in [-0.1, -0.05) is 13.8 Å². The smallest absolute Gasteiger partial charge is 0.327 e. The van der Waals surface area contributed by atoms with E-state index in [1.165, 1.54) is 22.9 Å². The van der Waals surface area contributed by atoms with E-state index in [1.54, 1.807) is 12.3 Å². The molecule has 1 aromatic heterocycles. The van der Waals surface area contributed by atoms with Crippen LogP contribution in [0.2, 0.25) is 0 Å². The third-order valence-corrected chi connectivity index (χ3v) is 4.77. The maximum Gasteiger partial charge on any atom is 0.327 e. The zero-order valence-corrected chi connectivity index (χ0v) is 12.2. The number of amides is 2. The average molecular weight is 298 g/mol. The SMILES string of the molecule is CC(C)C1SCC(C(=O)O)N1C(=O)NCc1ccoc1. The third-order valence-electron chi connectivity index (χ3n) is 3.15. The van der Waals surface area contributed by atoms with Gasteiger partial charge in [0.1, 0.15) is 6.04 Å². The van der Waals surface area contributed by atoms with Crippen LogP contribution in [0, 0.1) is 5.92 Å². The molecule has 0 bridgehead atoms. The summed E-state index contributed by atoms with van der Waals surface area (Å²) < 4.78 is 4.93. The topological polar surface area (TPSA) is 82.8 Å². The molecule has 0 spiro atoms. The number of thioether (sulfide) groups is 1. The normalized spacial score (nSPS) is 22.2. The molecule has 0 aliphatic carbocycles. The number of hydrogen-bond donors (Lipinski definition) is 2. The van der Waals surface area contributed by atoms with E-state index in [0.29, 0.717) is 12.3 Å². The highest BCUT2D eigenvalue weighted by molar-refractivity contribution is 8.00. The van der Waals surface area contributed by atoms with Gasteiger partial charge < -0.3 is 14.8 Å². The molecule has 2 amide bonds. The first-order valence-electron chi connectivity index (χ1n) is 6.42.